The molecule has 1 aromatic carbocycles. The lowest BCUT2D eigenvalue weighted by Gasteiger charge is -2.23. The number of para-hydroxylation sites is 2. The molecule has 20 heavy (non-hydrogen) atoms. The van der Waals surface area contributed by atoms with Crippen molar-refractivity contribution in [1.82, 2.24) is 15.3 Å². The molecule has 0 bridgehead atoms. The Kier molecular flexibility index (Phi) is 3.14. The third-order valence-electron chi connectivity index (χ3n) is 3.74. The normalized spacial score (nSPS) is 17.7. The van der Waals surface area contributed by atoms with Gasteiger partial charge in [-0.15, -0.1) is 0 Å². The second kappa shape index (κ2) is 4.83. The van der Waals surface area contributed by atoms with Crippen LogP contribution in [0.1, 0.15) is 30.3 Å². The quantitative estimate of drug-likeness (QED) is 0.884. The van der Waals surface area contributed by atoms with Crippen molar-refractivity contribution < 1.29 is 9.90 Å². The number of aliphatic hydroxyl groups is 1. The summed E-state index contributed by atoms with van der Waals surface area (Å²) in [5, 5.41) is 12.9. The zero-order valence-corrected chi connectivity index (χ0v) is 11.3. The molecule has 1 saturated carbocycles. The molecule has 1 aliphatic rings. The van der Waals surface area contributed by atoms with Crippen molar-refractivity contribution in [1.29, 1.82) is 0 Å². The Morgan fingerprint density at radius 1 is 1.40 bits per heavy atom. The van der Waals surface area contributed by atoms with E-state index in [4.69, 9.17) is 0 Å². The fourth-order valence-corrected chi connectivity index (χ4v) is 2.27. The Bertz CT molecular complexity index is 650. The number of carbonyl (C=O) groups excluding carboxylic acids is 1. The minimum atomic E-state index is -0.833. The van der Waals surface area contributed by atoms with E-state index < -0.39 is 5.60 Å². The summed E-state index contributed by atoms with van der Waals surface area (Å²) in [5.74, 6) is -0.00494. The molecule has 0 spiro atoms. The van der Waals surface area contributed by atoms with Crippen LogP contribution in [0.5, 0.6) is 0 Å². The van der Waals surface area contributed by atoms with Crippen LogP contribution in [0.15, 0.2) is 30.5 Å². The van der Waals surface area contributed by atoms with Crippen molar-refractivity contribution in [3.63, 3.8) is 0 Å². The Balaban J connectivity index is 1.72. The fraction of sp³-hybridized carbons (Fsp3) is 0.400. The summed E-state index contributed by atoms with van der Waals surface area (Å²) in [4.78, 5) is 20.5. The maximum absolute atomic E-state index is 12.1. The van der Waals surface area contributed by atoms with E-state index in [1.54, 1.807) is 6.92 Å². The van der Waals surface area contributed by atoms with Crippen LogP contribution in [0.3, 0.4) is 0 Å². The molecule has 5 nitrogen and oxygen atoms in total. The molecule has 2 N–H and O–H groups in total. The Hall–Kier alpha value is -2.01. The van der Waals surface area contributed by atoms with Gasteiger partial charge in [0.05, 0.1) is 22.8 Å². The number of carbonyl (C=O) groups is 1. The van der Waals surface area contributed by atoms with Crippen LogP contribution < -0.4 is 5.32 Å². The van der Waals surface area contributed by atoms with Crippen molar-refractivity contribution in [3.05, 3.63) is 36.2 Å². The van der Waals surface area contributed by atoms with Crippen molar-refractivity contribution in [2.45, 2.75) is 25.4 Å². The van der Waals surface area contributed by atoms with Crippen molar-refractivity contribution in [2.24, 2.45) is 5.92 Å². The molecule has 1 atom stereocenters. The molecule has 104 valence electrons. The van der Waals surface area contributed by atoms with Gasteiger partial charge >= 0.3 is 0 Å². The number of fused-ring (bicyclic) bond motifs is 1. The fourth-order valence-electron chi connectivity index (χ4n) is 2.27. The average molecular weight is 271 g/mol. The summed E-state index contributed by atoms with van der Waals surface area (Å²) in [6, 6.07) is 7.40. The predicted octanol–water partition coefficient (Wildman–Crippen LogP) is 1.52. The van der Waals surface area contributed by atoms with Crippen LogP contribution in [0, 0.1) is 5.92 Å². The molecule has 1 aliphatic carbocycles. The maximum Gasteiger partial charge on any atom is 0.271 e. The largest absolute Gasteiger partial charge is 0.388 e. The van der Waals surface area contributed by atoms with E-state index in [0.717, 1.165) is 18.4 Å². The first kappa shape index (κ1) is 13.0. The van der Waals surface area contributed by atoms with Gasteiger partial charge in [0.15, 0.2) is 0 Å². The SMILES string of the molecule is C[C@](O)(CNC(=O)c1cnc2ccccc2n1)C1CC1. The molecule has 0 radical (unpaired) electrons. The summed E-state index contributed by atoms with van der Waals surface area (Å²) in [6.45, 7) is 2.00. The molecule has 1 fully saturated rings. The smallest absolute Gasteiger partial charge is 0.271 e. The molecule has 0 saturated heterocycles. The minimum Gasteiger partial charge on any atom is -0.388 e. The highest BCUT2D eigenvalue weighted by molar-refractivity contribution is 5.93. The average Bonchev–Trinajstić information content (AvgIpc) is 3.29. The predicted molar refractivity (Wildman–Crippen MR) is 75.2 cm³/mol. The molecule has 1 aromatic heterocycles. The first-order chi connectivity index (χ1) is 9.56. The van der Waals surface area contributed by atoms with E-state index in [1.165, 1.54) is 6.20 Å². The number of hydrogen-bond acceptors (Lipinski definition) is 4. The van der Waals surface area contributed by atoms with Gasteiger partial charge in [-0.1, -0.05) is 12.1 Å². The van der Waals surface area contributed by atoms with Crippen molar-refractivity contribution >= 4 is 16.9 Å². The third-order valence-corrected chi connectivity index (χ3v) is 3.74. The van der Waals surface area contributed by atoms with E-state index >= 15 is 0 Å². The first-order valence-electron chi connectivity index (χ1n) is 6.79. The minimum absolute atomic E-state index is 0.241. The summed E-state index contributed by atoms with van der Waals surface area (Å²) in [5.41, 5.74) is 0.887. The van der Waals surface area contributed by atoms with Gasteiger partial charge in [0.25, 0.3) is 5.91 Å². The lowest BCUT2D eigenvalue weighted by atomic mass is 10.0. The molecule has 5 heteroatoms. The maximum atomic E-state index is 12.1. The molecule has 0 unspecified atom stereocenters. The summed E-state index contributed by atoms with van der Waals surface area (Å²) in [6.07, 6.45) is 3.51. The van der Waals surface area contributed by atoms with Gasteiger partial charge < -0.3 is 10.4 Å². The molecule has 1 heterocycles. The number of nitrogens with zero attached hydrogens (tertiary/aromatic N) is 2. The highest BCUT2D eigenvalue weighted by Gasteiger charge is 2.40. The number of rotatable bonds is 4. The number of nitrogens with one attached hydrogen (secondary N) is 1. The van der Waals surface area contributed by atoms with Gasteiger partial charge in [0.2, 0.25) is 0 Å². The molecular weight excluding hydrogens is 254 g/mol. The third kappa shape index (κ3) is 2.63. The zero-order chi connectivity index (χ0) is 14.2. The van der Waals surface area contributed by atoms with Gasteiger partial charge in [-0.2, -0.15) is 0 Å². The van der Waals surface area contributed by atoms with Gasteiger partial charge in [0.1, 0.15) is 5.69 Å². The van der Waals surface area contributed by atoms with Crippen LogP contribution in [0.2, 0.25) is 0 Å². The Labute approximate surface area is 117 Å². The van der Waals surface area contributed by atoms with E-state index in [0.29, 0.717) is 11.4 Å². The lowest BCUT2D eigenvalue weighted by molar-refractivity contribution is 0.0353. The Morgan fingerprint density at radius 2 is 2.10 bits per heavy atom. The molecule has 1 amide bonds. The van der Waals surface area contributed by atoms with E-state index in [9.17, 15) is 9.90 Å². The van der Waals surface area contributed by atoms with Gasteiger partial charge in [-0.3, -0.25) is 9.78 Å². The summed E-state index contributed by atoms with van der Waals surface area (Å²) < 4.78 is 0. The molecular formula is C15H17N3O2. The highest BCUT2D eigenvalue weighted by Crippen LogP contribution is 2.38. The van der Waals surface area contributed by atoms with Crippen LogP contribution in [0.25, 0.3) is 11.0 Å². The topological polar surface area (TPSA) is 75.1 Å². The highest BCUT2D eigenvalue weighted by atomic mass is 16.3. The molecule has 3 rings (SSSR count). The Morgan fingerprint density at radius 3 is 2.80 bits per heavy atom. The van der Waals surface area contributed by atoms with E-state index in [-0.39, 0.29) is 18.1 Å². The molecule has 0 aliphatic heterocycles. The van der Waals surface area contributed by atoms with Crippen molar-refractivity contribution in [3.8, 4) is 0 Å². The van der Waals surface area contributed by atoms with Gasteiger partial charge in [0, 0.05) is 6.54 Å². The van der Waals surface area contributed by atoms with E-state index in [1.807, 2.05) is 24.3 Å². The molecule has 2 aromatic rings. The number of aromatic nitrogens is 2. The van der Waals surface area contributed by atoms with Gasteiger partial charge in [-0.25, -0.2) is 4.98 Å². The van der Waals surface area contributed by atoms with Crippen LogP contribution in [0.4, 0.5) is 0 Å². The zero-order valence-electron chi connectivity index (χ0n) is 11.3. The number of hydrogen-bond donors (Lipinski definition) is 2. The van der Waals surface area contributed by atoms with Crippen LogP contribution >= 0.6 is 0 Å². The van der Waals surface area contributed by atoms with Gasteiger partial charge in [-0.05, 0) is 37.8 Å². The standard InChI is InChI=1S/C15H17N3O2/c1-15(20,10-6-7-10)9-17-14(19)13-8-16-11-4-2-3-5-12(11)18-13/h2-5,8,10,20H,6-7,9H2,1H3,(H,17,19)/t15-/m0/s1. The number of amides is 1. The second-order valence-corrected chi connectivity index (χ2v) is 5.56. The monoisotopic (exact) mass is 271 g/mol. The van der Waals surface area contributed by atoms with Crippen LogP contribution in [-0.4, -0.2) is 33.1 Å². The second-order valence-electron chi connectivity index (χ2n) is 5.56. The lowest BCUT2D eigenvalue weighted by Crippen LogP contribution is -2.42. The summed E-state index contributed by atoms with van der Waals surface area (Å²) in [7, 11) is 0. The first-order valence-corrected chi connectivity index (χ1v) is 6.79. The van der Waals surface area contributed by atoms with Crippen molar-refractivity contribution in [2.75, 3.05) is 6.54 Å². The van der Waals surface area contributed by atoms with Crippen LogP contribution in [-0.2, 0) is 0 Å². The number of benzene rings is 1. The van der Waals surface area contributed by atoms with E-state index in [2.05, 4.69) is 15.3 Å². The summed E-state index contributed by atoms with van der Waals surface area (Å²) >= 11 is 0.